The van der Waals surface area contributed by atoms with E-state index >= 15 is 0 Å². The van der Waals surface area contributed by atoms with Crippen molar-refractivity contribution in [2.75, 3.05) is 12.3 Å². The van der Waals surface area contributed by atoms with Crippen LogP contribution in [0.3, 0.4) is 0 Å². The number of carbonyl (C=O) groups excluding carboxylic acids is 1. The second kappa shape index (κ2) is 5.46. The van der Waals surface area contributed by atoms with Crippen LogP contribution in [-0.4, -0.2) is 32.3 Å². The maximum atomic E-state index is 11.5. The second-order valence-electron chi connectivity index (χ2n) is 5.10. The topological polar surface area (TPSA) is 87.9 Å². The lowest BCUT2D eigenvalue weighted by atomic mass is 10.2. The van der Waals surface area contributed by atoms with Gasteiger partial charge < -0.3 is 15.6 Å². The summed E-state index contributed by atoms with van der Waals surface area (Å²) in [5.41, 5.74) is 8.14. The molecule has 0 aliphatic carbocycles. The summed E-state index contributed by atoms with van der Waals surface area (Å²) in [6, 6.07) is 5.40. The minimum absolute atomic E-state index is 0.00181. The van der Waals surface area contributed by atoms with Crippen molar-refractivity contribution in [3.05, 3.63) is 29.0 Å². The number of amides is 1. The summed E-state index contributed by atoms with van der Waals surface area (Å²) in [5.74, 6) is 1.06. The molecule has 0 aliphatic rings. The third-order valence-corrected chi connectivity index (χ3v) is 3.87. The van der Waals surface area contributed by atoms with Crippen LogP contribution >= 0.6 is 11.6 Å². The van der Waals surface area contributed by atoms with Crippen molar-refractivity contribution in [1.82, 2.24) is 19.9 Å². The Balaban J connectivity index is 2.16. The third kappa shape index (κ3) is 2.46. The van der Waals surface area contributed by atoms with Crippen LogP contribution < -0.4 is 5.73 Å². The molecule has 2 heterocycles. The fourth-order valence-electron chi connectivity index (χ4n) is 2.49. The highest BCUT2D eigenvalue weighted by Crippen LogP contribution is 2.28. The van der Waals surface area contributed by atoms with Gasteiger partial charge in [0.05, 0.1) is 12.1 Å². The molecule has 0 atom stereocenters. The van der Waals surface area contributed by atoms with Gasteiger partial charge in [-0.15, -0.1) is 0 Å². The molecule has 6 nitrogen and oxygen atoms in total. The summed E-state index contributed by atoms with van der Waals surface area (Å²) in [7, 11) is 0. The number of pyridine rings is 1. The Morgan fingerprint density at radius 3 is 2.86 bits per heavy atom. The number of rotatable bonds is 3. The number of benzene rings is 1. The molecule has 0 saturated carbocycles. The molecule has 0 fully saturated rings. The number of imidazole rings is 1. The zero-order valence-electron chi connectivity index (χ0n) is 12.4. The molecule has 1 amide bonds. The van der Waals surface area contributed by atoms with Crippen molar-refractivity contribution in [3.8, 4) is 0 Å². The van der Waals surface area contributed by atoms with Gasteiger partial charge in [-0.05, 0) is 25.1 Å². The summed E-state index contributed by atoms with van der Waals surface area (Å²) in [5, 5.41) is 1.45. The van der Waals surface area contributed by atoms with E-state index in [1.165, 1.54) is 6.92 Å². The van der Waals surface area contributed by atoms with Gasteiger partial charge in [0, 0.05) is 23.9 Å². The minimum Gasteiger partial charge on any atom is -0.382 e. The number of aromatic nitrogens is 3. The lowest BCUT2D eigenvalue weighted by Gasteiger charge is -2.16. The lowest BCUT2D eigenvalue weighted by Crippen LogP contribution is -2.28. The average Bonchev–Trinajstić information content (AvgIpc) is 2.90. The van der Waals surface area contributed by atoms with E-state index in [1.807, 2.05) is 19.1 Å². The highest BCUT2D eigenvalue weighted by molar-refractivity contribution is 6.31. The maximum Gasteiger partial charge on any atom is 0.219 e. The van der Waals surface area contributed by atoms with Gasteiger partial charge in [0.15, 0.2) is 0 Å². The Morgan fingerprint density at radius 1 is 1.41 bits per heavy atom. The van der Waals surface area contributed by atoms with E-state index in [-0.39, 0.29) is 5.91 Å². The van der Waals surface area contributed by atoms with Crippen LogP contribution in [0.2, 0.25) is 5.02 Å². The number of carbonyl (C=O) groups is 1. The molecule has 3 rings (SSSR count). The Bertz CT molecular complexity index is 873. The van der Waals surface area contributed by atoms with E-state index in [1.54, 1.807) is 11.0 Å². The number of H-pyrrole nitrogens is 1. The number of nitrogens with two attached hydrogens (primary N) is 1. The predicted molar refractivity (Wildman–Crippen MR) is 87.6 cm³/mol. The molecular formula is C15H16ClN5O. The van der Waals surface area contributed by atoms with Gasteiger partial charge >= 0.3 is 0 Å². The first-order chi connectivity index (χ1) is 10.5. The van der Waals surface area contributed by atoms with Gasteiger partial charge in [0.25, 0.3) is 0 Å². The van der Waals surface area contributed by atoms with E-state index in [2.05, 4.69) is 15.0 Å². The number of aromatic amines is 1. The first kappa shape index (κ1) is 14.6. The summed E-state index contributed by atoms with van der Waals surface area (Å²) >= 11 is 6.06. The lowest BCUT2D eigenvalue weighted by molar-refractivity contribution is -0.129. The van der Waals surface area contributed by atoms with E-state index in [0.29, 0.717) is 35.3 Å². The molecule has 1 aromatic carbocycles. The molecule has 0 saturated heterocycles. The Morgan fingerprint density at radius 2 is 2.18 bits per heavy atom. The first-order valence-corrected chi connectivity index (χ1v) is 7.36. The number of halogens is 1. The maximum absolute atomic E-state index is 11.5. The molecule has 0 spiro atoms. The van der Waals surface area contributed by atoms with Crippen molar-refractivity contribution in [3.63, 3.8) is 0 Å². The van der Waals surface area contributed by atoms with Gasteiger partial charge in [0.2, 0.25) is 5.91 Å². The van der Waals surface area contributed by atoms with Gasteiger partial charge in [-0.3, -0.25) is 4.79 Å². The molecule has 0 unspecified atom stereocenters. The molecule has 0 aliphatic heterocycles. The summed E-state index contributed by atoms with van der Waals surface area (Å²) < 4.78 is 0. The Kier molecular flexibility index (Phi) is 3.62. The van der Waals surface area contributed by atoms with Gasteiger partial charge in [0.1, 0.15) is 22.7 Å². The highest BCUT2D eigenvalue weighted by atomic mass is 35.5. The van der Waals surface area contributed by atoms with Gasteiger partial charge in [-0.1, -0.05) is 11.6 Å². The first-order valence-electron chi connectivity index (χ1n) is 6.98. The van der Waals surface area contributed by atoms with E-state index in [9.17, 15) is 4.79 Å². The van der Waals surface area contributed by atoms with E-state index < -0.39 is 0 Å². The smallest absolute Gasteiger partial charge is 0.219 e. The molecule has 3 aromatic rings. The molecule has 7 heteroatoms. The normalized spacial score (nSPS) is 11.2. The fraction of sp³-hybridized carbons (Fsp3) is 0.267. The van der Waals surface area contributed by atoms with Crippen LogP contribution in [0.5, 0.6) is 0 Å². The number of hydrogen-bond acceptors (Lipinski definition) is 4. The number of nitrogens with one attached hydrogen (secondary N) is 1. The summed E-state index contributed by atoms with van der Waals surface area (Å²) in [6.45, 7) is 4.49. The number of hydrogen-bond donors (Lipinski definition) is 2. The SMILES string of the molecule is CCN(Cc1nc2c([nH]1)c(N)nc1ccc(Cl)cc12)C(C)=O. The molecular weight excluding hydrogens is 302 g/mol. The largest absolute Gasteiger partial charge is 0.382 e. The summed E-state index contributed by atoms with van der Waals surface area (Å²) in [4.78, 5) is 25.3. The Labute approximate surface area is 132 Å². The summed E-state index contributed by atoms with van der Waals surface area (Å²) in [6.07, 6.45) is 0. The predicted octanol–water partition coefficient (Wildman–Crippen LogP) is 2.72. The number of nitrogen functional groups attached to an aromatic ring is 1. The quantitative estimate of drug-likeness (QED) is 0.777. The standard InChI is InChI=1S/C15H16ClN5O/c1-3-21(8(2)22)7-12-19-13-10-6-9(16)4-5-11(10)18-15(17)14(13)20-12/h4-6H,3,7H2,1-2H3,(H2,17,18)(H,19,20). The molecule has 0 bridgehead atoms. The van der Waals surface area contributed by atoms with Crippen LogP contribution in [0.15, 0.2) is 18.2 Å². The van der Waals surface area contributed by atoms with Gasteiger partial charge in [-0.25, -0.2) is 9.97 Å². The molecule has 2 aromatic heterocycles. The van der Waals surface area contributed by atoms with E-state index in [4.69, 9.17) is 17.3 Å². The van der Waals surface area contributed by atoms with Crippen molar-refractivity contribution in [2.45, 2.75) is 20.4 Å². The minimum atomic E-state index is 0.00181. The van der Waals surface area contributed by atoms with Crippen molar-refractivity contribution in [1.29, 1.82) is 0 Å². The van der Waals surface area contributed by atoms with Gasteiger partial charge in [-0.2, -0.15) is 0 Å². The molecule has 22 heavy (non-hydrogen) atoms. The zero-order valence-corrected chi connectivity index (χ0v) is 13.1. The monoisotopic (exact) mass is 317 g/mol. The Hall–Kier alpha value is -2.34. The zero-order chi connectivity index (χ0) is 15.9. The van der Waals surface area contributed by atoms with Crippen molar-refractivity contribution < 1.29 is 4.79 Å². The number of anilines is 1. The van der Waals surface area contributed by atoms with Crippen LogP contribution in [-0.2, 0) is 11.3 Å². The van der Waals surface area contributed by atoms with Crippen molar-refractivity contribution in [2.24, 2.45) is 0 Å². The third-order valence-electron chi connectivity index (χ3n) is 3.63. The number of nitrogens with zero attached hydrogens (tertiary/aromatic N) is 3. The van der Waals surface area contributed by atoms with Crippen molar-refractivity contribution >= 4 is 45.3 Å². The van der Waals surface area contributed by atoms with Crippen LogP contribution in [0.1, 0.15) is 19.7 Å². The molecule has 3 N–H and O–H groups in total. The molecule has 114 valence electrons. The van der Waals surface area contributed by atoms with Crippen LogP contribution in [0.4, 0.5) is 5.82 Å². The number of fused-ring (bicyclic) bond motifs is 3. The average molecular weight is 318 g/mol. The van der Waals surface area contributed by atoms with Crippen LogP contribution in [0, 0.1) is 0 Å². The fourth-order valence-corrected chi connectivity index (χ4v) is 2.66. The van der Waals surface area contributed by atoms with E-state index in [0.717, 1.165) is 16.4 Å². The molecule has 0 radical (unpaired) electrons. The highest BCUT2D eigenvalue weighted by Gasteiger charge is 2.14. The van der Waals surface area contributed by atoms with Crippen LogP contribution in [0.25, 0.3) is 21.9 Å². The second-order valence-corrected chi connectivity index (χ2v) is 5.54.